The van der Waals surface area contributed by atoms with Gasteiger partial charge in [-0.05, 0) is 17.7 Å². The second-order valence-electron chi connectivity index (χ2n) is 3.52. The molecule has 2 aromatic rings. The van der Waals surface area contributed by atoms with Gasteiger partial charge in [0.2, 0.25) is 0 Å². The van der Waals surface area contributed by atoms with Gasteiger partial charge in [-0.1, -0.05) is 22.0 Å². The molecule has 0 atom stereocenters. The smallest absolute Gasteiger partial charge is 0.177 e. The summed E-state index contributed by atoms with van der Waals surface area (Å²) in [5, 5.41) is 17.9. The van der Waals surface area contributed by atoms with Crippen LogP contribution in [0.15, 0.2) is 29.0 Å². The van der Waals surface area contributed by atoms with Crippen LogP contribution in [0.1, 0.15) is 17.0 Å². The molecule has 0 aliphatic heterocycles. The lowest BCUT2D eigenvalue weighted by molar-refractivity contribution is 1.01. The summed E-state index contributed by atoms with van der Waals surface area (Å²) in [6, 6.07) is 9.40. The van der Waals surface area contributed by atoms with Crippen LogP contribution >= 0.6 is 15.9 Å². The van der Waals surface area contributed by atoms with Gasteiger partial charge in [0.05, 0.1) is 0 Å². The number of aromatic nitrogens is 2. The lowest BCUT2D eigenvalue weighted by Gasteiger charge is -2.07. The Kier molecular flexibility index (Phi) is 3.42. The fraction of sp³-hybridized carbons (Fsp3) is 0.0833. The van der Waals surface area contributed by atoms with E-state index in [1.165, 1.54) is 6.33 Å². The number of rotatable bonds is 2. The molecular weight excluding hydrogens is 294 g/mol. The molecule has 0 bridgehead atoms. The Morgan fingerprint density at radius 3 is 2.67 bits per heavy atom. The van der Waals surface area contributed by atoms with Crippen molar-refractivity contribution in [1.29, 1.82) is 10.5 Å². The first kappa shape index (κ1) is 12.3. The third-order valence-electron chi connectivity index (χ3n) is 2.51. The van der Waals surface area contributed by atoms with Gasteiger partial charge in [0.25, 0.3) is 0 Å². The van der Waals surface area contributed by atoms with Crippen LogP contribution in [0.2, 0.25) is 0 Å². The molecule has 18 heavy (non-hydrogen) atoms. The molecule has 0 saturated heterocycles. The number of hydrogen-bond acceptors (Lipinski definition) is 4. The molecule has 0 fully saturated rings. The van der Waals surface area contributed by atoms with E-state index in [-0.39, 0.29) is 11.4 Å². The molecule has 6 heteroatoms. The largest absolute Gasteiger partial charge is 0.326 e. The fourth-order valence-electron chi connectivity index (χ4n) is 1.58. The number of nitriles is 2. The lowest BCUT2D eigenvalue weighted by Crippen LogP contribution is -2.00. The van der Waals surface area contributed by atoms with Crippen molar-refractivity contribution in [3.63, 3.8) is 0 Å². The van der Waals surface area contributed by atoms with Crippen molar-refractivity contribution in [2.45, 2.75) is 6.54 Å². The summed E-state index contributed by atoms with van der Waals surface area (Å²) in [6.07, 6.45) is 1.46. The third-order valence-corrected chi connectivity index (χ3v) is 3.25. The highest BCUT2D eigenvalue weighted by molar-refractivity contribution is 9.10. The maximum Gasteiger partial charge on any atom is 0.177 e. The zero-order chi connectivity index (χ0) is 13.1. The summed E-state index contributed by atoms with van der Waals surface area (Å²) >= 11 is 3.41. The highest BCUT2D eigenvalue weighted by Gasteiger charge is 2.12. The highest BCUT2D eigenvalue weighted by atomic mass is 79.9. The monoisotopic (exact) mass is 301 g/mol. The van der Waals surface area contributed by atoms with Crippen molar-refractivity contribution < 1.29 is 0 Å². The molecule has 0 saturated carbocycles. The second kappa shape index (κ2) is 5.01. The third kappa shape index (κ3) is 2.00. The first-order valence-corrected chi connectivity index (χ1v) is 5.87. The molecule has 1 aromatic heterocycles. The standard InChI is InChI=1S/C12H8BrN5/c13-10-3-9(2-1-8(10)4-14)18-7-17-11(5-15)12(18)6-16/h1-3,7H,4,14H2. The number of imidazole rings is 1. The van der Waals surface area contributed by atoms with Gasteiger partial charge in [-0.25, -0.2) is 4.98 Å². The van der Waals surface area contributed by atoms with Gasteiger partial charge in [-0.3, -0.25) is 4.57 Å². The SMILES string of the molecule is N#Cc1ncn(-c2ccc(CN)c(Br)c2)c1C#N. The predicted molar refractivity (Wildman–Crippen MR) is 68.6 cm³/mol. The lowest BCUT2D eigenvalue weighted by atomic mass is 10.2. The molecule has 0 aliphatic rings. The van der Waals surface area contributed by atoms with E-state index >= 15 is 0 Å². The summed E-state index contributed by atoms with van der Waals surface area (Å²) in [6.45, 7) is 0.430. The highest BCUT2D eigenvalue weighted by Crippen LogP contribution is 2.22. The summed E-state index contributed by atoms with van der Waals surface area (Å²) in [5.41, 5.74) is 7.65. The molecule has 1 heterocycles. The van der Waals surface area contributed by atoms with Crippen molar-refractivity contribution in [2.24, 2.45) is 5.73 Å². The number of nitrogens with zero attached hydrogens (tertiary/aromatic N) is 4. The van der Waals surface area contributed by atoms with E-state index in [0.717, 1.165) is 15.7 Å². The van der Waals surface area contributed by atoms with Crippen molar-refractivity contribution in [2.75, 3.05) is 0 Å². The minimum atomic E-state index is 0.122. The summed E-state index contributed by atoms with van der Waals surface area (Å²) in [4.78, 5) is 3.89. The number of nitrogens with two attached hydrogens (primary N) is 1. The average Bonchev–Trinajstić information content (AvgIpc) is 2.81. The quantitative estimate of drug-likeness (QED) is 0.916. The number of hydrogen-bond donors (Lipinski definition) is 1. The topological polar surface area (TPSA) is 91.4 Å². The Morgan fingerprint density at radius 1 is 1.33 bits per heavy atom. The van der Waals surface area contributed by atoms with Crippen LogP contribution in [0.3, 0.4) is 0 Å². The van der Waals surface area contributed by atoms with Gasteiger partial charge in [-0.2, -0.15) is 10.5 Å². The molecular formula is C12H8BrN5. The molecule has 2 rings (SSSR count). The van der Waals surface area contributed by atoms with Crippen molar-refractivity contribution in [3.8, 4) is 17.8 Å². The zero-order valence-electron chi connectivity index (χ0n) is 9.26. The van der Waals surface area contributed by atoms with E-state index in [2.05, 4.69) is 20.9 Å². The second-order valence-corrected chi connectivity index (χ2v) is 4.37. The average molecular weight is 302 g/mol. The van der Waals surface area contributed by atoms with Crippen LogP contribution in [0.4, 0.5) is 0 Å². The van der Waals surface area contributed by atoms with Gasteiger partial charge < -0.3 is 5.73 Å². The predicted octanol–water partition coefficient (Wildman–Crippen LogP) is 1.84. The number of halogens is 1. The number of benzene rings is 1. The van der Waals surface area contributed by atoms with E-state index in [9.17, 15) is 0 Å². The van der Waals surface area contributed by atoms with Crippen molar-refractivity contribution >= 4 is 15.9 Å². The molecule has 5 nitrogen and oxygen atoms in total. The van der Waals surface area contributed by atoms with Gasteiger partial charge in [0.15, 0.2) is 11.4 Å². The maximum absolute atomic E-state index is 9.06. The van der Waals surface area contributed by atoms with Crippen LogP contribution in [0, 0.1) is 22.7 Å². The van der Waals surface area contributed by atoms with E-state index < -0.39 is 0 Å². The van der Waals surface area contributed by atoms with Crippen molar-refractivity contribution in [3.05, 3.63) is 46.0 Å². The van der Waals surface area contributed by atoms with E-state index in [1.54, 1.807) is 4.57 Å². The molecule has 0 radical (unpaired) electrons. The van der Waals surface area contributed by atoms with Gasteiger partial charge in [0, 0.05) is 16.7 Å². The Morgan fingerprint density at radius 2 is 2.11 bits per heavy atom. The zero-order valence-corrected chi connectivity index (χ0v) is 10.8. The minimum Gasteiger partial charge on any atom is -0.326 e. The Labute approximate surface area is 112 Å². The summed E-state index contributed by atoms with van der Waals surface area (Å²) in [5.74, 6) is 0. The van der Waals surface area contributed by atoms with Crippen molar-refractivity contribution in [1.82, 2.24) is 9.55 Å². The van der Waals surface area contributed by atoms with Crippen LogP contribution in [-0.2, 0) is 6.54 Å². The Balaban J connectivity index is 2.57. The molecule has 0 unspecified atom stereocenters. The van der Waals surface area contributed by atoms with Gasteiger partial charge in [-0.15, -0.1) is 0 Å². The molecule has 0 spiro atoms. The van der Waals surface area contributed by atoms with Gasteiger partial charge >= 0.3 is 0 Å². The van der Waals surface area contributed by atoms with E-state index in [4.69, 9.17) is 16.3 Å². The van der Waals surface area contributed by atoms with Crippen LogP contribution < -0.4 is 5.73 Å². The molecule has 0 aliphatic carbocycles. The van der Waals surface area contributed by atoms with Crippen LogP contribution in [0.25, 0.3) is 5.69 Å². The molecule has 2 N–H and O–H groups in total. The Hall–Kier alpha value is -2.15. The normalized spacial score (nSPS) is 9.78. The van der Waals surface area contributed by atoms with Gasteiger partial charge in [0.1, 0.15) is 18.5 Å². The molecule has 1 aromatic carbocycles. The summed E-state index contributed by atoms with van der Waals surface area (Å²) < 4.78 is 2.43. The minimum absolute atomic E-state index is 0.122. The first-order chi connectivity index (χ1) is 8.71. The molecule has 88 valence electrons. The van der Waals surface area contributed by atoms with E-state index in [0.29, 0.717) is 6.54 Å². The first-order valence-electron chi connectivity index (χ1n) is 5.07. The maximum atomic E-state index is 9.06. The fourth-order valence-corrected chi connectivity index (χ4v) is 2.11. The summed E-state index contributed by atoms with van der Waals surface area (Å²) in [7, 11) is 0. The van der Waals surface area contributed by atoms with Crippen LogP contribution in [0.5, 0.6) is 0 Å². The molecule has 0 amide bonds. The Bertz CT molecular complexity index is 675. The van der Waals surface area contributed by atoms with E-state index in [1.807, 2.05) is 30.3 Å². The van der Waals surface area contributed by atoms with Crippen LogP contribution in [-0.4, -0.2) is 9.55 Å².